The van der Waals surface area contributed by atoms with Gasteiger partial charge in [0.05, 0.1) is 6.04 Å². The molecule has 0 saturated carbocycles. The van der Waals surface area contributed by atoms with Gasteiger partial charge in [0.15, 0.2) is 0 Å². The minimum Gasteiger partial charge on any atom is -0.487 e. The molecule has 0 aromatic heterocycles. The molecule has 1 amide bonds. The Bertz CT molecular complexity index is 870. The molecule has 1 aliphatic heterocycles. The summed E-state index contributed by atoms with van der Waals surface area (Å²) >= 11 is 0. The zero-order valence-corrected chi connectivity index (χ0v) is 18.3. The van der Waals surface area contributed by atoms with E-state index in [-0.39, 0.29) is 23.0 Å². The van der Waals surface area contributed by atoms with Crippen molar-refractivity contribution in [1.29, 1.82) is 0 Å². The maximum atomic E-state index is 12.7. The highest BCUT2D eigenvalue weighted by Crippen LogP contribution is 2.42. The molecular weight excluding hydrogens is 358 g/mol. The minimum absolute atomic E-state index is 0.0414. The van der Waals surface area contributed by atoms with Gasteiger partial charge in [0.2, 0.25) is 5.91 Å². The fourth-order valence-corrected chi connectivity index (χ4v) is 3.92. The molecule has 3 nitrogen and oxygen atoms in total. The van der Waals surface area contributed by atoms with Gasteiger partial charge in [0.1, 0.15) is 11.4 Å². The van der Waals surface area contributed by atoms with E-state index < -0.39 is 0 Å². The molecule has 1 aliphatic rings. The number of hydrogen-bond donors (Lipinski definition) is 1. The third-order valence-electron chi connectivity index (χ3n) is 6.01. The predicted molar refractivity (Wildman–Crippen MR) is 120 cm³/mol. The van der Waals surface area contributed by atoms with Crippen LogP contribution in [-0.4, -0.2) is 11.5 Å². The second kappa shape index (κ2) is 8.44. The molecule has 154 valence electrons. The second-order valence-electron chi connectivity index (χ2n) is 9.00. The Morgan fingerprint density at radius 2 is 1.76 bits per heavy atom. The van der Waals surface area contributed by atoms with Crippen molar-refractivity contribution in [3.8, 4) is 5.75 Å². The Labute approximate surface area is 175 Å². The van der Waals surface area contributed by atoms with Gasteiger partial charge in [-0.2, -0.15) is 0 Å². The van der Waals surface area contributed by atoms with Crippen LogP contribution in [0.2, 0.25) is 0 Å². The zero-order chi connectivity index (χ0) is 21.1. The molecule has 2 aromatic carbocycles. The molecule has 0 spiro atoms. The van der Waals surface area contributed by atoms with Crippen molar-refractivity contribution in [2.45, 2.75) is 70.9 Å². The normalized spacial score (nSPS) is 18.2. The first-order chi connectivity index (χ1) is 13.8. The monoisotopic (exact) mass is 391 g/mol. The maximum Gasteiger partial charge on any atom is 0.244 e. The summed E-state index contributed by atoms with van der Waals surface area (Å²) < 4.78 is 6.33. The average Bonchev–Trinajstić information content (AvgIpc) is 2.71. The Hall–Kier alpha value is -2.55. The van der Waals surface area contributed by atoms with Gasteiger partial charge in [-0.15, -0.1) is 0 Å². The van der Waals surface area contributed by atoms with Crippen LogP contribution in [0.15, 0.2) is 54.6 Å². The highest BCUT2D eigenvalue weighted by atomic mass is 16.5. The van der Waals surface area contributed by atoms with E-state index in [1.165, 1.54) is 5.56 Å². The van der Waals surface area contributed by atoms with Crippen molar-refractivity contribution in [2.24, 2.45) is 0 Å². The fraction of sp³-hybridized carbons (Fsp3) is 0.423. The quantitative estimate of drug-likeness (QED) is 0.617. The average molecular weight is 392 g/mol. The largest absolute Gasteiger partial charge is 0.487 e. The third kappa shape index (κ3) is 4.90. The number of carbonyl (C=O) groups excluding carboxylic acids is 1. The molecule has 0 radical (unpaired) electrons. The van der Waals surface area contributed by atoms with Crippen LogP contribution in [0.25, 0.3) is 6.08 Å². The summed E-state index contributed by atoms with van der Waals surface area (Å²) in [5.74, 6) is 0.808. The van der Waals surface area contributed by atoms with Crippen molar-refractivity contribution < 1.29 is 9.53 Å². The zero-order valence-electron chi connectivity index (χ0n) is 18.3. The predicted octanol–water partition coefficient (Wildman–Crippen LogP) is 6.20. The van der Waals surface area contributed by atoms with Crippen LogP contribution in [-0.2, 0) is 10.2 Å². The van der Waals surface area contributed by atoms with Crippen molar-refractivity contribution in [3.05, 3.63) is 71.3 Å². The molecule has 3 rings (SSSR count). The van der Waals surface area contributed by atoms with Crippen molar-refractivity contribution in [2.75, 3.05) is 0 Å². The van der Waals surface area contributed by atoms with Crippen LogP contribution in [0.3, 0.4) is 0 Å². The fourth-order valence-electron chi connectivity index (χ4n) is 3.92. The molecule has 3 heteroatoms. The molecule has 1 heterocycles. The van der Waals surface area contributed by atoms with Gasteiger partial charge in [0.25, 0.3) is 0 Å². The van der Waals surface area contributed by atoms with Crippen molar-refractivity contribution in [3.63, 3.8) is 0 Å². The lowest BCUT2D eigenvalue weighted by Crippen LogP contribution is -2.44. The smallest absolute Gasteiger partial charge is 0.244 e. The van der Waals surface area contributed by atoms with E-state index in [1.54, 1.807) is 6.08 Å². The van der Waals surface area contributed by atoms with Crippen LogP contribution in [0.5, 0.6) is 5.75 Å². The summed E-state index contributed by atoms with van der Waals surface area (Å²) in [5.41, 5.74) is 3.27. The summed E-state index contributed by atoms with van der Waals surface area (Å²) in [5, 5.41) is 3.20. The number of hydrogen-bond acceptors (Lipinski definition) is 2. The van der Waals surface area contributed by atoms with Gasteiger partial charge in [0, 0.05) is 18.1 Å². The first-order valence-electron chi connectivity index (χ1n) is 10.6. The first kappa shape index (κ1) is 21.2. The molecule has 2 aromatic rings. The Kier molecular flexibility index (Phi) is 6.16. The molecule has 0 fully saturated rings. The molecule has 1 N–H and O–H groups in total. The standard InChI is InChI=1S/C26H33NO2/c1-6-26(7-2)18-22(21-10-8-9-11-23(21)29-26)27-24(28)17-14-19-12-15-20(16-13-19)25(3,4)5/h8-17,22H,6-7,18H2,1-5H3,(H,27,28)/b17-14+. The molecule has 29 heavy (non-hydrogen) atoms. The molecule has 1 unspecified atom stereocenters. The van der Waals surface area contributed by atoms with Gasteiger partial charge in [-0.25, -0.2) is 0 Å². The third-order valence-corrected chi connectivity index (χ3v) is 6.01. The second-order valence-corrected chi connectivity index (χ2v) is 9.00. The Morgan fingerprint density at radius 3 is 2.38 bits per heavy atom. The topological polar surface area (TPSA) is 38.3 Å². The van der Waals surface area contributed by atoms with E-state index in [2.05, 4.69) is 64.2 Å². The Morgan fingerprint density at radius 1 is 1.10 bits per heavy atom. The summed E-state index contributed by atoms with van der Waals surface area (Å²) in [6, 6.07) is 16.4. The molecular formula is C26H33NO2. The Balaban J connectivity index is 1.73. The number of ether oxygens (including phenoxy) is 1. The number of nitrogens with one attached hydrogen (secondary N) is 1. The number of rotatable bonds is 5. The molecule has 0 aliphatic carbocycles. The van der Waals surface area contributed by atoms with Crippen molar-refractivity contribution >= 4 is 12.0 Å². The highest BCUT2D eigenvalue weighted by Gasteiger charge is 2.38. The van der Waals surface area contributed by atoms with Gasteiger partial charge >= 0.3 is 0 Å². The number of para-hydroxylation sites is 1. The van der Waals surface area contributed by atoms with Crippen molar-refractivity contribution in [1.82, 2.24) is 5.32 Å². The van der Waals surface area contributed by atoms with E-state index >= 15 is 0 Å². The van der Waals surface area contributed by atoms with E-state index in [9.17, 15) is 4.79 Å². The van der Waals surface area contributed by atoms with Gasteiger partial charge in [-0.1, -0.05) is 77.1 Å². The van der Waals surface area contributed by atoms with Crippen LogP contribution >= 0.6 is 0 Å². The number of benzene rings is 2. The number of carbonyl (C=O) groups is 1. The first-order valence-corrected chi connectivity index (χ1v) is 10.6. The van der Waals surface area contributed by atoms with Gasteiger partial charge < -0.3 is 10.1 Å². The summed E-state index contributed by atoms with van der Waals surface area (Å²) in [6.45, 7) is 10.9. The van der Waals surface area contributed by atoms with Gasteiger partial charge in [-0.05, 0) is 41.5 Å². The summed E-state index contributed by atoms with van der Waals surface area (Å²) in [4.78, 5) is 12.7. The molecule has 0 bridgehead atoms. The van der Waals surface area contributed by atoms with E-state index in [4.69, 9.17) is 4.74 Å². The summed E-state index contributed by atoms with van der Waals surface area (Å²) in [6.07, 6.45) is 6.13. The van der Waals surface area contributed by atoms with Crippen LogP contribution in [0.1, 0.15) is 76.6 Å². The van der Waals surface area contributed by atoms with E-state index in [1.807, 2.05) is 30.3 Å². The van der Waals surface area contributed by atoms with E-state index in [0.717, 1.165) is 36.1 Å². The molecule has 0 saturated heterocycles. The van der Waals surface area contributed by atoms with Crippen LogP contribution in [0.4, 0.5) is 0 Å². The highest BCUT2D eigenvalue weighted by molar-refractivity contribution is 5.92. The van der Waals surface area contributed by atoms with Crippen LogP contribution in [0, 0.1) is 0 Å². The number of amides is 1. The lowest BCUT2D eigenvalue weighted by Gasteiger charge is -2.41. The van der Waals surface area contributed by atoms with E-state index in [0.29, 0.717) is 0 Å². The summed E-state index contributed by atoms with van der Waals surface area (Å²) in [7, 11) is 0. The van der Waals surface area contributed by atoms with Crippen LogP contribution < -0.4 is 10.1 Å². The van der Waals surface area contributed by atoms with Gasteiger partial charge in [-0.3, -0.25) is 4.79 Å². The lowest BCUT2D eigenvalue weighted by molar-refractivity contribution is -0.117. The number of fused-ring (bicyclic) bond motifs is 1. The molecule has 1 atom stereocenters. The SMILES string of the molecule is CCC1(CC)CC(NC(=O)/C=C/c2ccc(C(C)(C)C)cc2)c2ccccc2O1. The lowest BCUT2D eigenvalue weighted by atomic mass is 9.83. The minimum atomic E-state index is -0.223. The maximum absolute atomic E-state index is 12.7.